The minimum atomic E-state index is -1.35. The summed E-state index contributed by atoms with van der Waals surface area (Å²) in [6, 6.07) is -1.34. The standard InChI is InChI=1S/C10H15NO9/c11-6(10(17)20-4-7(13)14)3-18-9(16)5-19-8(15)1-2-12/h6,12H,1-5,11H2,(H,13,14). The molecule has 1 atom stereocenters. The number of ether oxygens (including phenoxy) is 3. The molecule has 0 saturated carbocycles. The Morgan fingerprint density at radius 2 is 1.65 bits per heavy atom. The fourth-order valence-electron chi connectivity index (χ4n) is 0.835. The van der Waals surface area contributed by atoms with E-state index >= 15 is 0 Å². The van der Waals surface area contributed by atoms with Crippen LogP contribution in [0.15, 0.2) is 0 Å². The molecule has 4 N–H and O–H groups in total. The molecule has 10 heteroatoms. The molecular weight excluding hydrogens is 278 g/mol. The molecule has 114 valence electrons. The highest BCUT2D eigenvalue weighted by molar-refractivity contribution is 5.80. The van der Waals surface area contributed by atoms with Gasteiger partial charge in [0, 0.05) is 0 Å². The molecule has 0 bridgehead atoms. The minimum Gasteiger partial charge on any atom is -0.479 e. The first-order valence-electron chi connectivity index (χ1n) is 5.43. The first kappa shape index (κ1) is 17.8. The molecule has 0 aliphatic heterocycles. The zero-order valence-corrected chi connectivity index (χ0v) is 10.4. The Morgan fingerprint density at radius 1 is 1.00 bits per heavy atom. The first-order valence-corrected chi connectivity index (χ1v) is 5.43. The fourth-order valence-corrected chi connectivity index (χ4v) is 0.835. The molecule has 10 nitrogen and oxygen atoms in total. The van der Waals surface area contributed by atoms with Crippen molar-refractivity contribution < 1.29 is 43.6 Å². The Morgan fingerprint density at radius 3 is 2.20 bits per heavy atom. The van der Waals surface area contributed by atoms with Gasteiger partial charge in [0.1, 0.15) is 12.6 Å². The van der Waals surface area contributed by atoms with Crippen LogP contribution in [0.25, 0.3) is 0 Å². The van der Waals surface area contributed by atoms with Gasteiger partial charge in [0.25, 0.3) is 0 Å². The second kappa shape index (κ2) is 9.69. The van der Waals surface area contributed by atoms with Crippen LogP contribution in [0.4, 0.5) is 0 Å². The summed E-state index contributed by atoms with van der Waals surface area (Å²) in [4.78, 5) is 43.1. The molecule has 0 aromatic rings. The Labute approximate surface area is 113 Å². The van der Waals surface area contributed by atoms with Crippen LogP contribution in [-0.4, -0.2) is 66.6 Å². The number of carbonyl (C=O) groups excluding carboxylic acids is 3. The first-order chi connectivity index (χ1) is 9.36. The van der Waals surface area contributed by atoms with Gasteiger partial charge in [-0.2, -0.15) is 0 Å². The van der Waals surface area contributed by atoms with E-state index in [0.29, 0.717) is 0 Å². The van der Waals surface area contributed by atoms with E-state index in [4.69, 9.17) is 15.9 Å². The lowest BCUT2D eigenvalue weighted by Gasteiger charge is -2.11. The maximum Gasteiger partial charge on any atom is 0.344 e. The highest BCUT2D eigenvalue weighted by Gasteiger charge is 2.19. The molecule has 0 amide bonds. The number of aliphatic carboxylic acids is 1. The molecule has 20 heavy (non-hydrogen) atoms. The van der Waals surface area contributed by atoms with E-state index in [1.54, 1.807) is 0 Å². The number of nitrogens with two attached hydrogens (primary N) is 1. The maximum absolute atomic E-state index is 11.1. The molecule has 0 heterocycles. The molecule has 0 aromatic heterocycles. The van der Waals surface area contributed by atoms with Crippen LogP contribution < -0.4 is 5.73 Å². The summed E-state index contributed by atoms with van der Waals surface area (Å²) >= 11 is 0. The van der Waals surface area contributed by atoms with Crippen molar-refractivity contribution in [1.29, 1.82) is 0 Å². The van der Waals surface area contributed by atoms with Gasteiger partial charge in [0.15, 0.2) is 13.2 Å². The van der Waals surface area contributed by atoms with Crippen LogP contribution in [0.2, 0.25) is 0 Å². The molecule has 0 aromatic carbocycles. The Hall–Kier alpha value is -2.20. The zero-order chi connectivity index (χ0) is 15.5. The van der Waals surface area contributed by atoms with Crippen molar-refractivity contribution in [1.82, 2.24) is 0 Å². The van der Waals surface area contributed by atoms with Crippen molar-refractivity contribution in [2.24, 2.45) is 5.73 Å². The third-order valence-electron chi connectivity index (χ3n) is 1.73. The Kier molecular flexibility index (Phi) is 8.63. The van der Waals surface area contributed by atoms with E-state index in [-0.39, 0.29) is 6.42 Å². The summed E-state index contributed by atoms with van der Waals surface area (Å²) < 4.78 is 13.2. The van der Waals surface area contributed by atoms with E-state index in [9.17, 15) is 19.2 Å². The van der Waals surface area contributed by atoms with Crippen LogP contribution in [0, 0.1) is 0 Å². The van der Waals surface area contributed by atoms with Crippen LogP contribution in [0.1, 0.15) is 6.42 Å². The minimum absolute atomic E-state index is 0.256. The van der Waals surface area contributed by atoms with Crippen LogP contribution in [0.3, 0.4) is 0 Å². The highest BCUT2D eigenvalue weighted by atomic mass is 16.6. The van der Waals surface area contributed by atoms with Crippen LogP contribution >= 0.6 is 0 Å². The molecule has 0 radical (unpaired) electrons. The molecule has 0 fully saturated rings. The van der Waals surface area contributed by atoms with Crippen molar-refractivity contribution in [3.05, 3.63) is 0 Å². The summed E-state index contributed by atoms with van der Waals surface area (Å²) in [5.41, 5.74) is 5.27. The second-order valence-corrected chi connectivity index (χ2v) is 3.43. The topological polar surface area (TPSA) is 162 Å². The third-order valence-corrected chi connectivity index (χ3v) is 1.73. The molecule has 0 aliphatic carbocycles. The van der Waals surface area contributed by atoms with Gasteiger partial charge in [-0.05, 0) is 0 Å². The number of carboxylic acid groups (broad SMARTS) is 1. The third kappa shape index (κ3) is 8.83. The lowest BCUT2D eigenvalue weighted by atomic mass is 10.3. The molecule has 0 rings (SSSR count). The smallest absolute Gasteiger partial charge is 0.344 e. The van der Waals surface area contributed by atoms with Crippen molar-refractivity contribution in [2.75, 3.05) is 26.4 Å². The summed E-state index contributed by atoms with van der Waals surface area (Å²) in [6.45, 7) is -2.49. The van der Waals surface area contributed by atoms with Gasteiger partial charge in [-0.1, -0.05) is 0 Å². The average Bonchev–Trinajstić information content (AvgIpc) is 2.39. The predicted octanol–water partition coefficient (Wildman–Crippen LogP) is -2.59. The van der Waals surface area contributed by atoms with Crippen molar-refractivity contribution >= 4 is 23.9 Å². The number of esters is 3. The van der Waals surface area contributed by atoms with Crippen LogP contribution in [0.5, 0.6) is 0 Å². The van der Waals surface area contributed by atoms with Gasteiger partial charge in [0.05, 0.1) is 13.0 Å². The van der Waals surface area contributed by atoms with E-state index in [0.717, 1.165) is 0 Å². The fraction of sp³-hybridized carbons (Fsp3) is 0.600. The quantitative estimate of drug-likeness (QED) is 0.303. The molecule has 1 unspecified atom stereocenters. The van der Waals surface area contributed by atoms with E-state index < -0.39 is 56.3 Å². The highest BCUT2D eigenvalue weighted by Crippen LogP contribution is 1.91. The molecule has 0 spiro atoms. The number of carbonyl (C=O) groups is 4. The lowest BCUT2D eigenvalue weighted by molar-refractivity contribution is -0.162. The van der Waals surface area contributed by atoms with Crippen molar-refractivity contribution in [3.63, 3.8) is 0 Å². The maximum atomic E-state index is 11.1. The Balaban J connectivity index is 3.85. The van der Waals surface area contributed by atoms with E-state index in [1.807, 2.05) is 0 Å². The average molecular weight is 293 g/mol. The normalized spacial score (nSPS) is 11.3. The van der Waals surface area contributed by atoms with Crippen molar-refractivity contribution in [3.8, 4) is 0 Å². The summed E-state index contributed by atoms with van der Waals surface area (Å²) in [7, 11) is 0. The summed E-state index contributed by atoms with van der Waals surface area (Å²) in [6.07, 6.45) is -0.256. The number of aliphatic hydroxyl groups excluding tert-OH is 1. The lowest BCUT2D eigenvalue weighted by Crippen LogP contribution is -2.38. The number of hydrogen-bond donors (Lipinski definition) is 3. The van der Waals surface area contributed by atoms with Gasteiger partial charge in [-0.15, -0.1) is 0 Å². The number of rotatable bonds is 9. The molecule has 0 saturated heterocycles. The summed E-state index contributed by atoms with van der Waals surface area (Å²) in [5.74, 6) is -4.12. The van der Waals surface area contributed by atoms with Gasteiger partial charge in [0.2, 0.25) is 0 Å². The number of aliphatic hydroxyl groups is 1. The Bertz CT molecular complexity index is 368. The van der Waals surface area contributed by atoms with Crippen molar-refractivity contribution in [2.45, 2.75) is 12.5 Å². The van der Waals surface area contributed by atoms with Gasteiger partial charge in [-0.25, -0.2) is 9.59 Å². The monoisotopic (exact) mass is 293 g/mol. The van der Waals surface area contributed by atoms with E-state index in [1.165, 1.54) is 0 Å². The van der Waals surface area contributed by atoms with Gasteiger partial charge < -0.3 is 30.2 Å². The summed E-state index contributed by atoms with van der Waals surface area (Å²) in [5, 5.41) is 16.7. The van der Waals surface area contributed by atoms with Crippen LogP contribution in [-0.2, 0) is 33.4 Å². The SMILES string of the molecule is NC(COC(=O)COC(=O)CCO)C(=O)OCC(=O)O. The second-order valence-electron chi connectivity index (χ2n) is 3.43. The number of carboxylic acids is 1. The number of hydrogen-bond acceptors (Lipinski definition) is 9. The molecule has 0 aliphatic rings. The van der Waals surface area contributed by atoms with Gasteiger partial charge in [-0.3, -0.25) is 9.59 Å². The molecular formula is C10H15NO9. The van der Waals surface area contributed by atoms with E-state index in [2.05, 4.69) is 14.2 Å². The van der Waals surface area contributed by atoms with Gasteiger partial charge >= 0.3 is 23.9 Å². The largest absolute Gasteiger partial charge is 0.479 e. The predicted molar refractivity (Wildman–Crippen MR) is 60.2 cm³/mol. The zero-order valence-electron chi connectivity index (χ0n) is 10.4.